The minimum Gasteiger partial charge on any atom is -0.339 e. The number of amides is 1. The summed E-state index contributed by atoms with van der Waals surface area (Å²) in [6.07, 6.45) is 1.40. The Morgan fingerprint density at radius 3 is 2.25 bits per heavy atom. The molecule has 0 aliphatic rings. The molecule has 0 aromatic heterocycles. The molecule has 6 heteroatoms. The van der Waals surface area contributed by atoms with Crippen molar-refractivity contribution < 1.29 is 13.2 Å². The van der Waals surface area contributed by atoms with Gasteiger partial charge < -0.3 is 4.90 Å². The highest BCUT2D eigenvalue weighted by atomic mass is 35.5. The summed E-state index contributed by atoms with van der Waals surface area (Å²) in [6.45, 7) is 1.90. The second kappa shape index (κ2) is 7.36. The summed E-state index contributed by atoms with van der Waals surface area (Å²) < 4.78 is 23.0. The van der Waals surface area contributed by atoms with Crippen LogP contribution in [0.4, 0.5) is 0 Å². The summed E-state index contributed by atoms with van der Waals surface area (Å²) in [5.74, 6) is -0.0530. The van der Waals surface area contributed by atoms with Crippen molar-refractivity contribution in [2.75, 3.05) is 13.3 Å². The number of carbonyl (C=O) groups excluding carboxylic acids is 1. The highest BCUT2D eigenvalue weighted by Gasteiger charge is 2.19. The van der Waals surface area contributed by atoms with Gasteiger partial charge in [0.05, 0.1) is 17.4 Å². The fourth-order valence-corrected chi connectivity index (χ4v) is 3.20. The van der Waals surface area contributed by atoms with Gasteiger partial charge in [-0.05, 0) is 36.2 Å². The first kappa shape index (κ1) is 18.5. The van der Waals surface area contributed by atoms with E-state index in [1.165, 1.54) is 6.26 Å². The molecule has 0 spiro atoms. The maximum Gasteiger partial charge on any atom is 0.227 e. The SMILES string of the molecule is C[C@H](c1ccc(S(C)(=O)=O)cc1)N(C)C(=O)Cc1ccccc1Cl. The van der Waals surface area contributed by atoms with Gasteiger partial charge in [0.1, 0.15) is 0 Å². The number of rotatable bonds is 5. The van der Waals surface area contributed by atoms with Crippen LogP contribution in [0.2, 0.25) is 5.02 Å². The lowest BCUT2D eigenvalue weighted by molar-refractivity contribution is -0.131. The molecular weight excluding hydrogens is 346 g/mol. The zero-order valence-corrected chi connectivity index (χ0v) is 15.4. The Labute approximate surface area is 148 Å². The fraction of sp³-hybridized carbons (Fsp3) is 0.278. The summed E-state index contributed by atoms with van der Waals surface area (Å²) in [6, 6.07) is 13.7. The van der Waals surface area contributed by atoms with Crippen LogP contribution >= 0.6 is 11.6 Å². The van der Waals surface area contributed by atoms with Crippen molar-refractivity contribution in [1.29, 1.82) is 0 Å². The molecular formula is C18H20ClNO3S. The van der Waals surface area contributed by atoms with Gasteiger partial charge in [0.15, 0.2) is 9.84 Å². The molecule has 0 radical (unpaired) electrons. The molecule has 0 bridgehead atoms. The maximum atomic E-state index is 12.5. The third-order valence-electron chi connectivity index (χ3n) is 4.06. The van der Waals surface area contributed by atoms with Crippen molar-refractivity contribution in [3.8, 4) is 0 Å². The van der Waals surface area contributed by atoms with Gasteiger partial charge in [-0.2, -0.15) is 0 Å². The van der Waals surface area contributed by atoms with E-state index >= 15 is 0 Å². The van der Waals surface area contributed by atoms with Crippen molar-refractivity contribution in [1.82, 2.24) is 4.90 Å². The summed E-state index contributed by atoms with van der Waals surface area (Å²) in [7, 11) is -1.49. The van der Waals surface area contributed by atoms with Gasteiger partial charge >= 0.3 is 0 Å². The van der Waals surface area contributed by atoms with E-state index in [1.807, 2.05) is 25.1 Å². The van der Waals surface area contributed by atoms with Gasteiger partial charge in [-0.3, -0.25) is 4.79 Å². The van der Waals surface area contributed by atoms with Crippen LogP contribution in [0.25, 0.3) is 0 Å². The second-order valence-corrected chi connectivity index (χ2v) is 8.21. The lowest BCUT2D eigenvalue weighted by Crippen LogP contribution is -2.31. The van der Waals surface area contributed by atoms with E-state index < -0.39 is 9.84 Å². The quantitative estimate of drug-likeness (QED) is 0.814. The number of likely N-dealkylation sites (N-methyl/N-ethyl adjacent to an activating group) is 1. The van der Waals surface area contributed by atoms with Crippen LogP contribution in [0.5, 0.6) is 0 Å². The van der Waals surface area contributed by atoms with Crippen LogP contribution < -0.4 is 0 Å². The Hall–Kier alpha value is -1.85. The molecule has 0 heterocycles. The average molecular weight is 366 g/mol. The monoisotopic (exact) mass is 365 g/mol. The van der Waals surface area contributed by atoms with Crippen molar-refractivity contribution in [2.24, 2.45) is 0 Å². The van der Waals surface area contributed by atoms with Crippen LogP contribution in [0.15, 0.2) is 53.4 Å². The molecule has 128 valence electrons. The highest BCUT2D eigenvalue weighted by Crippen LogP contribution is 2.23. The first-order valence-electron chi connectivity index (χ1n) is 7.49. The van der Waals surface area contributed by atoms with Gasteiger partial charge in [-0.1, -0.05) is 41.9 Å². The lowest BCUT2D eigenvalue weighted by Gasteiger charge is -2.25. The Morgan fingerprint density at radius 2 is 1.71 bits per heavy atom. The molecule has 0 saturated carbocycles. The molecule has 2 aromatic rings. The molecule has 0 aliphatic heterocycles. The predicted molar refractivity (Wildman–Crippen MR) is 95.9 cm³/mol. The molecule has 0 fully saturated rings. The van der Waals surface area contributed by atoms with E-state index in [-0.39, 0.29) is 23.3 Å². The van der Waals surface area contributed by atoms with E-state index in [9.17, 15) is 13.2 Å². The van der Waals surface area contributed by atoms with Gasteiger partial charge in [-0.15, -0.1) is 0 Å². The molecule has 4 nitrogen and oxygen atoms in total. The molecule has 1 amide bonds. The molecule has 2 aromatic carbocycles. The van der Waals surface area contributed by atoms with Gasteiger partial charge in [0.2, 0.25) is 5.91 Å². The molecule has 0 unspecified atom stereocenters. The molecule has 0 saturated heterocycles. The smallest absolute Gasteiger partial charge is 0.227 e. The summed E-state index contributed by atoms with van der Waals surface area (Å²) in [4.78, 5) is 14.4. The zero-order chi connectivity index (χ0) is 17.9. The standard InChI is InChI=1S/C18H20ClNO3S/c1-13(14-8-10-16(11-9-14)24(3,22)23)20(2)18(21)12-15-6-4-5-7-17(15)19/h4-11,13H,12H2,1-3H3/t13-/m1/s1. The van der Waals surface area contributed by atoms with Crippen LogP contribution in [-0.4, -0.2) is 32.5 Å². The molecule has 0 N–H and O–H groups in total. The Kier molecular flexibility index (Phi) is 5.67. The number of hydrogen-bond donors (Lipinski definition) is 0. The maximum absolute atomic E-state index is 12.5. The van der Waals surface area contributed by atoms with Gasteiger partial charge in [-0.25, -0.2) is 8.42 Å². The van der Waals surface area contributed by atoms with E-state index in [4.69, 9.17) is 11.6 Å². The minimum atomic E-state index is -3.22. The average Bonchev–Trinajstić information content (AvgIpc) is 2.55. The van der Waals surface area contributed by atoms with Gasteiger partial charge in [0.25, 0.3) is 0 Å². The Morgan fingerprint density at radius 1 is 1.12 bits per heavy atom. The van der Waals surface area contributed by atoms with Crippen LogP contribution in [0.1, 0.15) is 24.1 Å². The van der Waals surface area contributed by atoms with Crippen LogP contribution in [-0.2, 0) is 21.1 Å². The van der Waals surface area contributed by atoms with Crippen molar-refractivity contribution >= 4 is 27.3 Å². The summed E-state index contributed by atoms with van der Waals surface area (Å²) in [5.41, 5.74) is 1.66. The molecule has 0 aliphatic carbocycles. The number of halogens is 1. The minimum absolute atomic E-state index is 0.0530. The van der Waals surface area contributed by atoms with E-state index in [0.717, 1.165) is 11.1 Å². The van der Waals surface area contributed by atoms with Crippen molar-refractivity contribution in [2.45, 2.75) is 24.3 Å². The summed E-state index contributed by atoms with van der Waals surface area (Å²) in [5, 5.41) is 0.574. The highest BCUT2D eigenvalue weighted by molar-refractivity contribution is 7.90. The Bertz CT molecular complexity index is 832. The van der Waals surface area contributed by atoms with E-state index in [2.05, 4.69) is 0 Å². The molecule has 1 atom stereocenters. The third-order valence-corrected chi connectivity index (χ3v) is 5.56. The molecule has 24 heavy (non-hydrogen) atoms. The topological polar surface area (TPSA) is 54.5 Å². The fourth-order valence-electron chi connectivity index (χ4n) is 2.36. The predicted octanol–water partition coefficient (Wildman–Crippen LogP) is 3.51. The van der Waals surface area contributed by atoms with Crippen LogP contribution in [0, 0.1) is 0 Å². The number of hydrogen-bond acceptors (Lipinski definition) is 3. The third kappa shape index (κ3) is 4.36. The Balaban J connectivity index is 2.12. The number of carbonyl (C=O) groups is 1. The lowest BCUT2D eigenvalue weighted by atomic mass is 10.1. The second-order valence-electron chi connectivity index (χ2n) is 5.79. The van der Waals surface area contributed by atoms with E-state index in [1.54, 1.807) is 42.3 Å². The number of nitrogens with zero attached hydrogens (tertiary/aromatic N) is 1. The number of benzene rings is 2. The number of sulfone groups is 1. The zero-order valence-electron chi connectivity index (χ0n) is 13.9. The first-order valence-corrected chi connectivity index (χ1v) is 9.76. The first-order chi connectivity index (χ1) is 11.2. The van der Waals surface area contributed by atoms with E-state index in [0.29, 0.717) is 5.02 Å². The summed E-state index contributed by atoms with van der Waals surface area (Å²) >= 11 is 6.10. The largest absolute Gasteiger partial charge is 0.339 e. The van der Waals surface area contributed by atoms with Gasteiger partial charge in [0, 0.05) is 18.3 Å². The van der Waals surface area contributed by atoms with Crippen molar-refractivity contribution in [3.05, 3.63) is 64.7 Å². The van der Waals surface area contributed by atoms with Crippen LogP contribution in [0.3, 0.4) is 0 Å². The molecule has 2 rings (SSSR count). The normalized spacial score (nSPS) is 12.7. The van der Waals surface area contributed by atoms with Crippen molar-refractivity contribution in [3.63, 3.8) is 0 Å².